The molecule has 2 aromatic carbocycles. The molecule has 0 radical (unpaired) electrons. The summed E-state index contributed by atoms with van der Waals surface area (Å²) in [5.74, 6) is -1.28. The van der Waals surface area contributed by atoms with E-state index in [1.807, 2.05) is 24.3 Å². The number of carbonyl (C=O) groups excluding carboxylic acids is 4. The predicted octanol–water partition coefficient (Wildman–Crippen LogP) is 3.34. The van der Waals surface area contributed by atoms with Gasteiger partial charge in [-0.15, -0.1) is 0 Å². The Labute approximate surface area is 180 Å². The number of aryl methyl sites for hydroxylation is 1. The molecule has 2 heterocycles. The third kappa shape index (κ3) is 3.50. The lowest BCUT2D eigenvalue weighted by atomic mass is 9.91. The van der Waals surface area contributed by atoms with Gasteiger partial charge in [0, 0.05) is 11.3 Å². The number of urea groups is 1. The molecule has 7 nitrogen and oxygen atoms in total. The number of ketones is 1. The molecule has 0 saturated carbocycles. The van der Waals surface area contributed by atoms with Crippen LogP contribution in [0.1, 0.15) is 60.2 Å². The molecule has 4 rings (SSSR count). The number of imide groups is 1. The molecule has 0 bridgehead atoms. The van der Waals surface area contributed by atoms with Gasteiger partial charge in [-0.3, -0.25) is 19.3 Å². The minimum absolute atomic E-state index is 0.116. The summed E-state index contributed by atoms with van der Waals surface area (Å²) >= 11 is 0. The van der Waals surface area contributed by atoms with Gasteiger partial charge in [0.15, 0.2) is 5.78 Å². The van der Waals surface area contributed by atoms with E-state index in [-0.39, 0.29) is 24.2 Å². The highest BCUT2D eigenvalue weighted by atomic mass is 16.2. The fraction of sp³-hybridized carbons (Fsp3) is 0.333. The van der Waals surface area contributed by atoms with Crippen molar-refractivity contribution in [2.45, 2.75) is 45.1 Å². The molecular formula is C24H25N3O4. The zero-order valence-electron chi connectivity index (χ0n) is 17.8. The second-order valence-corrected chi connectivity index (χ2v) is 8.33. The Morgan fingerprint density at radius 1 is 1.10 bits per heavy atom. The van der Waals surface area contributed by atoms with Crippen LogP contribution in [0.25, 0.3) is 0 Å². The Morgan fingerprint density at radius 2 is 1.81 bits per heavy atom. The second kappa shape index (κ2) is 7.65. The van der Waals surface area contributed by atoms with E-state index in [0.717, 1.165) is 28.9 Å². The van der Waals surface area contributed by atoms with E-state index in [4.69, 9.17) is 0 Å². The zero-order valence-corrected chi connectivity index (χ0v) is 17.8. The molecule has 1 fully saturated rings. The van der Waals surface area contributed by atoms with Gasteiger partial charge in [-0.25, -0.2) is 4.79 Å². The molecule has 2 aliphatic rings. The maximum Gasteiger partial charge on any atom is 0.325 e. The van der Waals surface area contributed by atoms with Crippen molar-refractivity contribution >= 4 is 29.3 Å². The number of hydrogen-bond donors (Lipinski definition) is 2. The van der Waals surface area contributed by atoms with Crippen molar-refractivity contribution in [3.63, 3.8) is 0 Å². The van der Waals surface area contributed by atoms with Crippen LogP contribution >= 0.6 is 0 Å². The SMILES string of the molecule is CCCc1ccc([C@@]2(C)NC(=O)N(CC(=O)c3ccc4c(c3)[C@@H](C)C(=O)N4)C2=O)cc1. The first-order valence-electron chi connectivity index (χ1n) is 10.5. The van der Waals surface area contributed by atoms with Gasteiger partial charge < -0.3 is 10.6 Å². The quantitative estimate of drug-likeness (QED) is 0.554. The van der Waals surface area contributed by atoms with Crippen LogP contribution in [0.3, 0.4) is 0 Å². The van der Waals surface area contributed by atoms with Crippen molar-refractivity contribution in [2.75, 3.05) is 11.9 Å². The van der Waals surface area contributed by atoms with E-state index in [9.17, 15) is 19.2 Å². The van der Waals surface area contributed by atoms with Crippen LogP contribution in [0, 0.1) is 0 Å². The van der Waals surface area contributed by atoms with Crippen LogP contribution < -0.4 is 10.6 Å². The first-order valence-corrected chi connectivity index (χ1v) is 10.5. The highest BCUT2D eigenvalue weighted by Gasteiger charge is 2.49. The molecule has 1 saturated heterocycles. The van der Waals surface area contributed by atoms with Crippen molar-refractivity contribution in [1.29, 1.82) is 0 Å². The van der Waals surface area contributed by atoms with Crippen molar-refractivity contribution in [2.24, 2.45) is 0 Å². The average molecular weight is 419 g/mol. The van der Waals surface area contributed by atoms with Crippen LogP contribution in [0.4, 0.5) is 10.5 Å². The minimum Gasteiger partial charge on any atom is -0.325 e. The van der Waals surface area contributed by atoms with Crippen LogP contribution in [0.15, 0.2) is 42.5 Å². The molecule has 2 aromatic rings. The normalized spacial score (nSPS) is 22.4. The van der Waals surface area contributed by atoms with E-state index in [0.29, 0.717) is 16.8 Å². The van der Waals surface area contributed by atoms with Gasteiger partial charge in [0.1, 0.15) is 5.54 Å². The van der Waals surface area contributed by atoms with E-state index >= 15 is 0 Å². The molecule has 0 aliphatic carbocycles. The Morgan fingerprint density at radius 3 is 2.48 bits per heavy atom. The standard InChI is InChI=1S/C24H25N3O4/c1-4-5-15-6-9-17(10-7-15)24(3)22(30)27(23(31)26-24)13-20(28)16-8-11-19-18(12-16)14(2)21(29)25-19/h6-12,14H,4-5,13H2,1-3H3,(H,25,29)(H,26,31)/t14-,24-/m1/s1. The minimum atomic E-state index is -1.22. The molecule has 0 spiro atoms. The average Bonchev–Trinajstić information content (AvgIpc) is 3.16. The zero-order chi connectivity index (χ0) is 22.3. The fourth-order valence-electron chi connectivity index (χ4n) is 4.15. The van der Waals surface area contributed by atoms with Crippen molar-refractivity contribution < 1.29 is 19.2 Å². The molecule has 2 atom stereocenters. The van der Waals surface area contributed by atoms with E-state index in [2.05, 4.69) is 17.6 Å². The number of fused-ring (bicyclic) bond motifs is 1. The van der Waals surface area contributed by atoms with Crippen LogP contribution in [0.5, 0.6) is 0 Å². The van der Waals surface area contributed by atoms with Gasteiger partial charge in [0.2, 0.25) is 5.91 Å². The Hall–Kier alpha value is -3.48. The molecule has 2 N–H and O–H groups in total. The number of nitrogens with zero attached hydrogens (tertiary/aromatic N) is 1. The van der Waals surface area contributed by atoms with Crippen LogP contribution in [0.2, 0.25) is 0 Å². The third-order valence-corrected chi connectivity index (χ3v) is 6.14. The highest BCUT2D eigenvalue weighted by Crippen LogP contribution is 2.33. The van der Waals surface area contributed by atoms with Crippen LogP contribution in [-0.2, 0) is 21.5 Å². The number of hydrogen-bond acceptors (Lipinski definition) is 4. The van der Waals surface area contributed by atoms with Crippen molar-refractivity contribution in [1.82, 2.24) is 10.2 Å². The third-order valence-electron chi connectivity index (χ3n) is 6.14. The smallest absolute Gasteiger partial charge is 0.325 e. The predicted molar refractivity (Wildman–Crippen MR) is 116 cm³/mol. The Bertz CT molecular complexity index is 1090. The number of Topliss-reactive ketones (excluding diaryl/α,β-unsaturated/α-hetero) is 1. The molecule has 160 valence electrons. The van der Waals surface area contributed by atoms with Gasteiger partial charge >= 0.3 is 6.03 Å². The Kier molecular flexibility index (Phi) is 5.13. The molecular weight excluding hydrogens is 394 g/mol. The summed E-state index contributed by atoms with van der Waals surface area (Å²) in [6.07, 6.45) is 1.96. The van der Waals surface area contributed by atoms with Crippen molar-refractivity contribution in [3.8, 4) is 0 Å². The Balaban J connectivity index is 1.53. The summed E-state index contributed by atoms with van der Waals surface area (Å²) in [7, 11) is 0. The summed E-state index contributed by atoms with van der Waals surface area (Å²) in [6.45, 7) is 5.16. The number of rotatable bonds is 6. The molecule has 0 aromatic heterocycles. The van der Waals surface area contributed by atoms with Gasteiger partial charge in [0.25, 0.3) is 5.91 Å². The maximum absolute atomic E-state index is 13.1. The van der Waals surface area contributed by atoms with Crippen molar-refractivity contribution in [3.05, 3.63) is 64.7 Å². The number of carbonyl (C=O) groups is 4. The summed E-state index contributed by atoms with van der Waals surface area (Å²) in [6, 6.07) is 12.0. The van der Waals surface area contributed by atoms with Gasteiger partial charge in [-0.2, -0.15) is 0 Å². The summed E-state index contributed by atoms with van der Waals surface area (Å²) in [5.41, 5.74) is 2.41. The lowest BCUT2D eigenvalue weighted by Gasteiger charge is -2.22. The van der Waals surface area contributed by atoms with Gasteiger partial charge in [0.05, 0.1) is 12.5 Å². The van der Waals surface area contributed by atoms with E-state index < -0.39 is 17.5 Å². The number of benzene rings is 2. The van der Waals surface area contributed by atoms with Crippen LogP contribution in [-0.4, -0.2) is 35.1 Å². The maximum atomic E-state index is 13.1. The number of nitrogens with one attached hydrogen (secondary N) is 2. The molecule has 31 heavy (non-hydrogen) atoms. The number of amides is 4. The molecule has 7 heteroatoms. The largest absolute Gasteiger partial charge is 0.325 e. The first-order chi connectivity index (χ1) is 14.7. The lowest BCUT2D eigenvalue weighted by molar-refractivity contribution is -0.130. The first kappa shape index (κ1) is 20.8. The van der Waals surface area contributed by atoms with Gasteiger partial charge in [-0.05, 0) is 55.2 Å². The van der Waals surface area contributed by atoms with Gasteiger partial charge in [-0.1, -0.05) is 37.6 Å². The summed E-state index contributed by atoms with van der Waals surface area (Å²) in [4.78, 5) is 51.4. The summed E-state index contributed by atoms with van der Waals surface area (Å²) in [5, 5.41) is 5.50. The molecule has 2 aliphatic heterocycles. The highest BCUT2D eigenvalue weighted by molar-refractivity contribution is 6.11. The monoisotopic (exact) mass is 419 g/mol. The summed E-state index contributed by atoms with van der Waals surface area (Å²) < 4.78 is 0. The lowest BCUT2D eigenvalue weighted by Crippen LogP contribution is -2.41. The topological polar surface area (TPSA) is 95.6 Å². The van der Waals surface area contributed by atoms with E-state index in [1.54, 1.807) is 32.0 Å². The number of anilines is 1. The van der Waals surface area contributed by atoms with E-state index in [1.165, 1.54) is 0 Å². The fourth-order valence-corrected chi connectivity index (χ4v) is 4.15. The second-order valence-electron chi connectivity index (χ2n) is 8.33. The molecule has 4 amide bonds. The molecule has 0 unspecified atom stereocenters.